The average Bonchev–Trinajstić information content (AvgIpc) is 2.91. The maximum atomic E-state index is 13.4. The van der Waals surface area contributed by atoms with Crippen molar-refractivity contribution < 1.29 is 32.7 Å². The number of alkyl halides is 3. The standard InChI is InChI=1S/C19H15F3N2O4/c20-19(21,22)18(28,12-6-2-1-3-7-12)11-23-15(25)10-24-16(26)13-8-4-5-9-14(13)17(24)27/h1-9,28H,10-11H2,(H,23,25). The van der Waals surface area contributed by atoms with E-state index >= 15 is 0 Å². The number of nitrogens with zero attached hydrogens (tertiary/aromatic N) is 1. The Kier molecular flexibility index (Phi) is 4.95. The van der Waals surface area contributed by atoms with Crippen LogP contribution in [0.1, 0.15) is 26.3 Å². The highest BCUT2D eigenvalue weighted by molar-refractivity contribution is 6.22. The molecular weight excluding hydrogens is 377 g/mol. The van der Waals surface area contributed by atoms with Crippen molar-refractivity contribution in [2.45, 2.75) is 11.8 Å². The normalized spacial score (nSPS) is 15.9. The van der Waals surface area contributed by atoms with E-state index in [1.54, 1.807) is 12.1 Å². The molecule has 0 fully saturated rings. The molecule has 0 saturated carbocycles. The van der Waals surface area contributed by atoms with Gasteiger partial charge in [0.25, 0.3) is 11.8 Å². The lowest BCUT2D eigenvalue weighted by Crippen LogP contribution is -2.52. The molecule has 2 N–H and O–H groups in total. The van der Waals surface area contributed by atoms with Gasteiger partial charge in [-0.05, 0) is 17.7 Å². The second-order valence-electron chi connectivity index (χ2n) is 6.24. The molecule has 0 bridgehead atoms. The summed E-state index contributed by atoms with van der Waals surface area (Å²) in [5, 5.41) is 12.2. The van der Waals surface area contributed by atoms with Crippen LogP contribution in [0.25, 0.3) is 0 Å². The molecule has 28 heavy (non-hydrogen) atoms. The number of halogens is 3. The number of benzene rings is 2. The minimum atomic E-state index is -5.06. The molecular formula is C19H15F3N2O4. The summed E-state index contributed by atoms with van der Waals surface area (Å²) in [6.45, 7) is -1.92. The molecule has 3 amide bonds. The summed E-state index contributed by atoms with van der Waals surface area (Å²) in [6, 6.07) is 12.3. The van der Waals surface area contributed by atoms with Gasteiger partial charge in [-0.2, -0.15) is 13.2 Å². The molecule has 3 rings (SSSR count). The summed E-state index contributed by atoms with van der Waals surface area (Å²) in [4.78, 5) is 37.2. The van der Waals surface area contributed by atoms with Crippen molar-refractivity contribution in [2.24, 2.45) is 0 Å². The van der Waals surface area contributed by atoms with Gasteiger partial charge in [0.1, 0.15) is 6.54 Å². The van der Waals surface area contributed by atoms with Crippen molar-refractivity contribution in [2.75, 3.05) is 13.1 Å². The molecule has 1 aliphatic rings. The maximum absolute atomic E-state index is 13.4. The van der Waals surface area contributed by atoms with Crippen LogP contribution in [0.15, 0.2) is 54.6 Å². The molecule has 1 aliphatic heterocycles. The summed E-state index contributed by atoms with van der Waals surface area (Å²) >= 11 is 0. The molecule has 1 atom stereocenters. The first-order valence-corrected chi connectivity index (χ1v) is 8.22. The number of hydrogen-bond donors (Lipinski definition) is 2. The van der Waals surface area contributed by atoms with Crippen molar-refractivity contribution >= 4 is 17.7 Å². The van der Waals surface area contributed by atoms with Gasteiger partial charge in [0.15, 0.2) is 0 Å². The van der Waals surface area contributed by atoms with E-state index < -0.39 is 48.2 Å². The second kappa shape index (κ2) is 7.08. The van der Waals surface area contributed by atoms with E-state index in [0.29, 0.717) is 4.90 Å². The zero-order valence-electron chi connectivity index (χ0n) is 14.4. The third-order valence-electron chi connectivity index (χ3n) is 4.44. The van der Waals surface area contributed by atoms with Crippen LogP contribution in [0.4, 0.5) is 13.2 Å². The number of imide groups is 1. The topological polar surface area (TPSA) is 86.7 Å². The number of carbonyl (C=O) groups is 3. The van der Waals surface area contributed by atoms with E-state index in [0.717, 1.165) is 12.1 Å². The van der Waals surface area contributed by atoms with Gasteiger partial charge in [-0.1, -0.05) is 42.5 Å². The molecule has 1 heterocycles. The Bertz CT molecular complexity index is 895. The van der Waals surface area contributed by atoms with Crippen LogP contribution < -0.4 is 5.32 Å². The van der Waals surface area contributed by atoms with Crippen molar-refractivity contribution in [3.05, 3.63) is 71.3 Å². The smallest absolute Gasteiger partial charge is 0.375 e. The van der Waals surface area contributed by atoms with Crippen LogP contribution in [0.3, 0.4) is 0 Å². The van der Waals surface area contributed by atoms with Crippen molar-refractivity contribution in [1.82, 2.24) is 10.2 Å². The van der Waals surface area contributed by atoms with Crippen LogP contribution in [0.5, 0.6) is 0 Å². The van der Waals surface area contributed by atoms with Gasteiger partial charge in [-0.3, -0.25) is 19.3 Å². The second-order valence-corrected chi connectivity index (χ2v) is 6.24. The Morgan fingerprint density at radius 3 is 1.93 bits per heavy atom. The molecule has 0 radical (unpaired) electrons. The predicted octanol–water partition coefficient (Wildman–Crippen LogP) is 1.85. The van der Waals surface area contributed by atoms with Gasteiger partial charge in [-0.15, -0.1) is 0 Å². The quantitative estimate of drug-likeness (QED) is 0.761. The number of nitrogens with one attached hydrogen (secondary N) is 1. The van der Waals surface area contributed by atoms with Crippen LogP contribution in [-0.4, -0.2) is 47.0 Å². The minimum Gasteiger partial charge on any atom is -0.375 e. The molecule has 0 aromatic heterocycles. The lowest BCUT2D eigenvalue weighted by Gasteiger charge is -2.31. The highest BCUT2D eigenvalue weighted by atomic mass is 19.4. The summed E-state index contributed by atoms with van der Waals surface area (Å²) in [7, 11) is 0. The Labute approximate surface area is 157 Å². The molecule has 2 aromatic carbocycles. The van der Waals surface area contributed by atoms with Crippen molar-refractivity contribution in [3.63, 3.8) is 0 Å². The Hall–Kier alpha value is -3.20. The van der Waals surface area contributed by atoms with Gasteiger partial charge in [-0.25, -0.2) is 0 Å². The van der Waals surface area contributed by atoms with Gasteiger partial charge < -0.3 is 10.4 Å². The summed E-state index contributed by atoms with van der Waals surface area (Å²) < 4.78 is 40.3. The fourth-order valence-corrected chi connectivity index (χ4v) is 2.89. The van der Waals surface area contributed by atoms with Crippen molar-refractivity contribution in [3.8, 4) is 0 Å². The molecule has 0 spiro atoms. The predicted molar refractivity (Wildman–Crippen MR) is 91.2 cm³/mol. The van der Waals surface area contributed by atoms with E-state index in [2.05, 4.69) is 0 Å². The number of fused-ring (bicyclic) bond motifs is 1. The van der Waals surface area contributed by atoms with Crippen LogP contribution in [0.2, 0.25) is 0 Å². The molecule has 2 aromatic rings. The van der Waals surface area contributed by atoms with E-state index in [9.17, 15) is 32.7 Å². The fraction of sp³-hybridized carbons (Fsp3) is 0.211. The molecule has 9 heteroatoms. The van der Waals surface area contributed by atoms with E-state index in [-0.39, 0.29) is 11.1 Å². The summed E-state index contributed by atoms with van der Waals surface area (Å²) in [5.74, 6) is -2.41. The number of amides is 3. The molecule has 0 aliphatic carbocycles. The Morgan fingerprint density at radius 2 is 1.43 bits per heavy atom. The number of rotatable bonds is 5. The number of hydrogen-bond acceptors (Lipinski definition) is 4. The molecule has 1 unspecified atom stereocenters. The van der Waals surface area contributed by atoms with Gasteiger partial charge in [0.05, 0.1) is 17.7 Å². The monoisotopic (exact) mass is 392 g/mol. The first-order valence-electron chi connectivity index (χ1n) is 8.22. The SMILES string of the molecule is O=C(CN1C(=O)c2ccccc2C1=O)NCC(O)(c1ccccc1)C(F)(F)F. The Morgan fingerprint density at radius 1 is 0.929 bits per heavy atom. The molecule has 0 saturated heterocycles. The lowest BCUT2D eigenvalue weighted by atomic mass is 9.93. The first-order chi connectivity index (χ1) is 13.1. The largest absolute Gasteiger partial charge is 0.423 e. The van der Waals surface area contributed by atoms with Gasteiger partial charge in [0, 0.05) is 0 Å². The highest BCUT2D eigenvalue weighted by Gasteiger charge is 2.55. The van der Waals surface area contributed by atoms with Crippen LogP contribution in [0, 0.1) is 0 Å². The molecule has 146 valence electrons. The first kappa shape index (κ1) is 19.6. The fourth-order valence-electron chi connectivity index (χ4n) is 2.89. The summed E-state index contributed by atoms with van der Waals surface area (Å²) in [6.07, 6.45) is -5.06. The van der Waals surface area contributed by atoms with Gasteiger partial charge >= 0.3 is 6.18 Å². The maximum Gasteiger partial charge on any atom is 0.423 e. The van der Waals surface area contributed by atoms with E-state index in [4.69, 9.17) is 0 Å². The Balaban J connectivity index is 1.72. The highest BCUT2D eigenvalue weighted by Crippen LogP contribution is 2.38. The molecule has 6 nitrogen and oxygen atoms in total. The number of carbonyl (C=O) groups excluding carboxylic acids is 3. The average molecular weight is 392 g/mol. The van der Waals surface area contributed by atoms with Crippen LogP contribution >= 0.6 is 0 Å². The zero-order valence-corrected chi connectivity index (χ0v) is 14.4. The minimum absolute atomic E-state index is 0.122. The van der Waals surface area contributed by atoms with E-state index in [1.165, 1.54) is 30.3 Å². The van der Waals surface area contributed by atoms with Crippen molar-refractivity contribution in [1.29, 1.82) is 0 Å². The lowest BCUT2D eigenvalue weighted by molar-refractivity contribution is -0.264. The van der Waals surface area contributed by atoms with Crippen LogP contribution in [-0.2, 0) is 10.4 Å². The third kappa shape index (κ3) is 3.36. The van der Waals surface area contributed by atoms with E-state index in [1.807, 2.05) is 5.32 Å². The number of aliphatic hydroxyl groups is 1. The third-order valence-corrected chi connectivity index (χ3v) is 4.44. The zero-order chi connectivity index (χ0) is 20.5. The summed E-state index contributed by atoms with van der Waals surface area (Å²) in [5.41, 5.74) is -3.51. The van der Waals surface area contributed by atoms with Gasteiger partial charge in [0.2, 0.25) is 11.5 Å².